The van der Waals surface area contributed by atoms with Gasteiger partial charge in [-0.25, -0.2) is 4.98 Å². The molecule has 3 nitrogen and oxygen atoms in total. The van der Waals surface area contributed by atoms with Crippen molar-refractivity contribution in [2.75, 3.05) is 23.7 Å². The van der Waals surface area contributed by atoms with E-state index in [1.165, 1.54) is 6.42 Å². The van der Waals surface area contributed by atoms with E-state index < -0.39 is 0 Å². The van der Waals surface area contributed by atoms with Crippen molar-refractivity contribution >= 4 is 22.4 Å². The minimum atomic E-state index is 0.743. The number of nitrogens with two attached hydrogens (primary N) is 1. The standard InChI is InChI=1S/C16H21N3/c1-11-7-12(2)10-19(9-11)16-6-3-13-8-14(17)4-5-15(13)18-16/h3-6,8,11-12H,7,9-10,17H2,1-2H3. The Morgan fingerprint density at radius 1 is 1.11 bits per heavy atom. The van der Waals surface area contributed by atoms with E-state index in [-0.39, 0.29) is 0 Å². The maximum absolute atomic E-state index is 5.80. The molecule has 0 saturated carbocycles. The molecule has 2 aromatic rings. The molecule has 0 amide bonds. The number of pyridine rings is 1. The van der Waals surface area contributed by atoms with Gasteiger partial charge in [0, 0.05) is 24.2 Å². The third kappa shape index (κ3) is 2.50. The zero-order valence-electron chi connectivity index (χ0n) is 11.6. The van der Waals surface area contributed by atoms with Crippen LogP contribution in [0.25, 0.3) is 10.9 Å². The second-order valence-corrected chi connectivity index (χ2v) is 5.97. The number of anilines is 2. The molecule has 100 valence electrons. The predicted molar refractivity (Wildman–Crippen MR) is 81.3 cm³/mol. The Kier molecular flexibility index (Phi) is 3.05. The molecule has 19 heavy (non-hydrogen) atoms. The first kappa shape index (κ1) is 12.3. The van der Waals surface area contributed by atoms with Gasteiger partial charge in [-0.2, -0.15) is 0 Å². The summed E-state index contributed by atoms with van der Waals surface area (Å²) in [5, 5.41) is 1.11. The van der Waals surface area contributed by atoms with Crippen LogP contribution in [0.1, 0.15) is 20.3 Å². The van der Waals surface area contributed by atoms with Gasteiger partial charge in [-0.3, -0.25) is 0 Å². The molecular formula is C16H21N3. The summed E-state index contributed by atoms with van der Waals surface area (Å²) >= 11 is 0. The predicted octanol–water partition coefficient (Wildman–Crippen LogP) is 3.30. The number of fused-ring (bicyclic) bond motifs is 1. The lowest BCUT2D eigenvalue weighted by atomic mass is 9.92. The average Bonchev–Trinajstić information content (AvgIpc) is 2.37. The van der Waals surface area contributed by atoms with Gasteiger partial charge in [-0.15, -0.1) is 0 Å². The molecule has 3 heteroatoms. The first-order chi connectivity index (χ1) is 9.11. The normalized spacial score (nSPS) is 23.8. The molecule has 3 rings (SSSR count). The number of piperidine rings is 1. The van der Waals surface area contributed by atoms with E-state index in [0.29, 0.717) is 0 Å². The van der Waals surface area contributed by atoms with E-state index in [4.69, 9.17) is 10.7 Å². The molecule has 1 fully saturated rings. The smallest absolute Gasteiger partial charge is 0.129 e. The molecule has 1 saturated heterocycles. The van der Waals surface area contributed by atoms with Crippen molar-refractivity contribution in [3.8, 4) is 0 Å². The van der Waals surface area contributed by atoms with Crippen LogP contribution >= 0.6 is 0 Å². The Labute approximate surface area is 114 Å². The summed E-state index contributed by atoms with van der Waals surface area (Å²) < 4.78 is 0. The number of aromatic nitrogens is 1. The highest BCUT2D eigenvalue weighted by Gasteiger charge is 2.22. The van der Waals surface area contributed by atoms with Gasteiger partial charge in [-0.1, -0.05) is 13.8 Å². The van der Waals surface area contributed by atoms with Crippen molar-refractivity contribution < 1.29 is 0 Å². The van der Waals surface area contributed by atoms with Gasteiger partial charge in [0.2, 0.25) is 0 Å². The van der Waals surface area contributed by atoms with Crippen LogP contribution in [0.5, 0.6) is 0 Å². The molecule has 0 radical (unpaired) electrons. The molecular weight excluding hydrogens is 234 g/mol. The molecule has 2 unspecified atom stereocenters. The fraction of sp³-hybridized carbons (Fsp3) is 0.438. The highest BCUT2D eigenvalue weighted by atomic mass is 15.2. The molecule has 0 bridgehead atoms. The summed E-state index contributed by atoms with van der Waals surface area (Å²) in [5.74, 6) is 2.58. The van der Waals surface area contributed by atoms with Gasteiger partial charge in [0.05, 0.1) is 5.52 Å². The van der Waals surface area contributed by atoms with Crippen LogP contribution in [0, 0.1) is 11.8 Å². The lowest BCUT2D eigenvalue weighted by Crippen LogP contribution is -2.39. The second-order valence-electron chi connectivity index (χ2n) is 5.97. The number of rotatable bonds is 1. The molecule has 2 heterocycles. The van der Waals surface area contributed by atoms with Gasteiger partial charge in [0.1, 0.15) is 5.82 Å². The number of nitrogens with zero attached hydrogens (tertiary/aromatic N) is 2. The first-order valence-corrected chi connectivity index (χ1v) is 7.03. The average molecular weight is 255 g/mol. The molecule has 2 N–H and O–H groups in total. The van der Waals surface area contributed by atoms with E-state index in [9.17, 15) is 0 Å². The van der Waals surface area contributed by atoms with Crippen LogP contribution in [0.4, 0.5) is 11.5 Å². The fourth-order valence-corrected chi connectivity index (χ4v) is 3.16. The van der Waals surface area contributed by atoms with E-state index in [0.717, 1.165) is 47.3 Å². The Morgan fingerprint density at radius 2 is 1.84 bits per heavy atom. The van der Waals surface area contributed by atoms with Crippen molar-refractivity contribution in [1.82, 2.24) is 4.98 Å². The fourth-order valence-electron chi connectivity index (χ4n) is 3.16. The highest BCUT2D eigenvalue weighted by Crippen LogP contribution is 2.26. The van der Waals surface area contributed by atoms with Crippen LogP contribution in [-0.2, 0) is 0 Å². The Balaban J connectivity index is 1.94. The largest absolute Gasteiger partial charge is 0.399 e. The number of hydrogen-bond donors (Lipinski definition) is 1. The zero-order valence-corrected chi connectivity index (χ0v) is 11.6. The Hall–Kier alpha value is -1.77. The maximum Gasteiger partial charge on any atom is 0.129 e. The minimum absolute atomic E-state index is 0.743. The second kappa shape index (κ2) is 4.72. The first-order valence-electron chi connectivity index (χ1n) is 7.03. The summed E-state index contributed by atoms with van der Waals surface area (Å²) in [7, 11) is 0. The topological polar surface area (TPSA) is 42.1 Å². The van der Waals surface area contributed by atoms with Gasteiger partial charge in [-0.05, 0) is 48.6 Å². The summed E-state index contributed by atoms with van der Waals surface area (Å²) in [4.78, 5) is 7.19. The van der Waals surface area contributed by atoms with Crippen LogP contribution < -0.4 is 10.6 Å². The van der Waals surface area contributed by atoms with Crippen molar-refractivity contribution in [3.05, 3.63) is 30.3 Å². The van der Waals surface area contributed by atoms with Crippen LogP contribution in [0.2, 0.25) is 0 Å². The Bertz CT molecular complexity index is 584. The van der Waals surface area contributed by atoms with E-state index in [1.54, 1.807) is 0 Å². The van der Waals surface area contributed by atoms with Crippen molar-refractivity contribution in [1.29, 1.82) is 0 Å². The molecule has 0 aliphatic carbocycles. The summed E-state index contributed by atoms with van der Waals surface area (Å²) in [6, 6.07) is 10.1. The summed E-state index contributed by atoms with van der Waals surface area (Å²) in [5.41, 5.74) is 7.62. The van der Waals surface area contributed by atoms with Crippen molar-refractivity contribution in [2.24, 2.45) is 11.8 Å². The summed E-state index contributed by atoms with van der Waals surface area (Å²) in [6.07, 6.45) is 1.32. The molecule has 1 aliphatic heterocycles. The molecule has 1 aromatic heterocycles. The number of hydrogen-bond acceptors (Lipinski definition) is 3. The van der Waals surface area contributed by atoms with Crippen LogP contribution in [-0.4, -0.2) is 18.1 Å². The quantitative estimate of drug-likeness (QED) is 0.795. The number of nitrogen functional groups attached to an aromatic ring is 1. The lowest BCUT2D eigenvalue weighted by Gasteiger charge is -2.35. The monoisotopic (exact) mass is 255 g/mol. The van der Waals surface area contributed by atoms with Crippen LogP contribution in [0.3, 0.4) is 0 Å². The van der Waals surface area contributed by atoms with Gasteiger partial charge >= 0.3 is 0 Å². The van der Waals surface area contributed by atoms with Gasteiger partial charge < -0.3 is 10.6 Å². The lowest BCUT2D eigenvalue weighted by molar-refractivity contribution is 0.355. The molecule has 1 aliphatic rings. The molecule has 1 aromatic carbocycles. The highest BCUT2D eigenvalue weighted by molar-refractivity contribution is 5.83. The Morgan fingerprint density at radius 3 is 2.58 bits per heavy atom. The van der Waals surface area contributed by atoms with Gasteiger partial charge in [0.15, 0.2) is 0 Å². The zero-order chi connectivity index (χ0) is 13.4. The third-order valence-electron chi connectivity index (χ3n) is 3.89. The molecule has 2 atom stereocenters. The van der Waals surface area contributed by atoms with Crippen LogP contribution in [0.15, 0.2) is 30.3 Å². The van der Waals surface area contributed by atoms with Crippen molar-refractivity contribution in [3.63, 3.8) is 0 Å². The van der Waals surface area contributed by atoms with Gasteiger partial charge in [0.25, 0.3) is 0 Å². The van der Waals surface area contributed by atoms with E-state index in [1.807, 2.05) is 18.2 Å². The van der Waals surface area contributed by atoms with E-state index in [2.05, 4.69) is 30.9 Å². The third-order valence-corrected chi connectivity index (χ3v) is 3.89. The number of benzene rings is 1. The summed E-state index contributed by atoms with van der Waals surface area (Å²) in [6.45, 7) is 6.87. The molecule has 0 spiro atoms. The van der Waals surface area contributed by atoms with E-state index >= 15 is 0 Å². The van der Waals surface area contributed by atoms with Crippen molar-refractivity contribution in [2.45, 2.75) is 20.3 Å². The maximum atomic E-state index is 5.80. The SMILES string of the molecule is CC1CC(C)CN(c2ccc3cc(N)ccc3n2)C1. The minimum Gasteiger partial charge on any atom is -0.399 e.